The fourth-order valence-corrected chi connectivity index (χ4v) is 2.39. The summed E-state index contributed by atoms with van der Waals surface area (Å²) in [5.41, 5.74) is 2.12. The summed E-state index contributed by atoms with van der Waals surface area (Å²) in [5, 5.41) is 0. The van der Waals surface area contributed by atoms with E-state index in [1.54, 1.807) is 6.07 Å². The van der Waals surface area contributed by atoms with Gasteiger partial charge < -0.3 is 7.84 Å². The summed E-state index contributed by atoms with van der Waals surface area (Å²) >= 11 is 0. The Bertz CT molecular complexity index is 860. The van der Waals surface area contributed by atoms with Crippen LogP contribution in [-0.4, -0.2) is 22.9 Å². The van der Waals surface area contributed by atoms with Crippen LogP contribution in [0.25, 0.3) is 22.4 Å². The third kappa shape index (κ3) is 4.48. The standard InChI is InChI=1S/C13H10N2O3S.K.Na.2H/c16-19(17,18)10-6-7-11-12(8-10)15-13(14-11)9-4-2-1-3-5-9;;;;/h1-8H,(H,14,15)(H,16,17,18);;;;/q;2*+1;2*-1. The van der Waals surface area contributed by atoms with Gasteiger partial charge in [-0.15, -0.1) is 0 Å². The number of benzene rings is 2. The van der Waals surface area contributed by atoms with Crippen LogP contribution >= 0.6 is 0 Å². The number of hydrogen-bond acceptors (Lipinski definition) is 3. The molecule has 3 rings (SSSR count). The Labute approximate surface area is 190 Å². The molecule has 0 spiro atoms. The molecule has 0 fully saturated rings. The summed E-state index contributed by atoms with van der Waals surface area (Å²) in [5.74, 6) is 0.656. The summed E-state index contributed by atoms with van der Waals surface area (Å²) in [6.45, 7) is 0. The molecule has 0 atom stereocenters. The van der Waals surface area contributed by atoms with E-state index in [9.17, 15) is 8.42 Å². The zero-order valence-electron chi connectivity index (χ0n) is 13.7. The van der Waals surface area contributed by atoms with Crippen LogP contribution in [-0.2, 0) is 10.1 Å². The number of fused-ring (bicyclic) bond motifs is 1. The van der Waals surface area contributed by atoms with Crippen molar-refractivity contribution >= 4 is 21.2 Å². The molecule has 0 bridgehead atoms. The second kappa shape index (κ2) is 7.83. The molecule has 0 radical (unpaired) electrons. The first-order valence-electron chi connectivity index (χ1n) is 5.57. The van der Waals surface area contributed by atoms with Gasteiger partial charge in [-0.1, -0.05) is 30.3 Å². The first-order valence-corrected chi connectivity index (χ1v) is 7.01. The van der Waals surface area contributed by atoms with Crippen molar-refractivity contribution in [3.05, 3.63) is 48.5 Å². The molecule has 2 N–H and O–H groups in total. The Balaban J connectivity index is 0. The molecule has 0 aliphatic carbocycles. The number of imidazole rings is 1. The minimum atomic E-state index is -4.20. The first-order chi connectivity index (χ1) is 9.04. The van der Waals surface area contributed by atoms with Gasteiger partial charge in [0.25, 0.3) is 10.1 Å². The Morgan fingerprint density at radius 3 is 2.38 bits per heavy atom. The molecule has 21 heavy (non-hydrogen) atoms. The van der Waals surface area contributed by atoms with Crippen LogP contribution < -0.4 is 80.9 Å². The maximum Gasteiger partial charge on any atom is 1.00 e. The molecule has 100 valence electrons. The fourth-order valence-electron chi connectivity index (χ4n) is 1.88. The van der Waals surface area contributed by atoms with Crippen molar-refractivity contribution in [3.63, 3.8) is 0 Å². The van der Waals surface area contributed by atoms with Gasteiger partial charge in [-0.25, -0.2) is 4.98 Å². The van der Waals surface area contributed by atoms with Crippen LogP contribution in [0.3, 0.4) is 0 Å². The molecule has 0 unspecified atom stereocenters. The largest absolute Gasteiger partial charge is 1.00 e. The Hall–Kier alpha value is 0.456. The fraction of sp³-hybridized carbons (Fsp3) is 0. The minimum absolute atomic E-state index is 0. The van der Waals surface area contributed by atoms with E-state index in [1.807, 2.05) is 30.3 Å². The van der Waals surface area contributed by atoms with Crippen LogP contribution in [0.1, 0.15) is 2.85 Å². The van der Waals surface area contributed by atoms with Crippen molar-refractivity contribution in [2.75, 3.05) is 0 Å². The molecule has 5 nitrogen and oxygen atoms in total. The number of nitrogens with one attached hydrogen (secondary N) is 1. The predicted octanol–water partition coefficient (Wildman–Crippen LogP) is -3.29. The zero-order chi connectivity index (χ0) is 13.5. The van der Waals surface area contributed by atoms with Gasteiger partial charge >= 0.3 is 80.9 Å². The van der Waals surface area contributed by atoms with E-state index in [0.717, 1.165) is 5.56 Å². The maximum absolute atomic E-state index is 11.1. The van der Waals surface area contributed by atoms with Crippen LogP contribution in [0.5, 0.6) is 0 Å². The Kier molecular flexibility index (Phi) is 7.27. The number of aromatic amines is 1. The molecule has 1 heterocycles. The van der Waals surface area contributed by atoms with E-state index in [1.165, 1.54) is 12.1 Å². The predicted molar refractivity (Wildman–Crippen MR) is 73.6 cm³/mol. The molecule has 0 aliphatic rings. The van der Waals surface area contributed by atoms with Gasteiger partial charge in [0.05, 0.1) is 15.9 Å². The molecule has 0 amide bonds. The van der Waals surface area contributed by atoms with Crippen LogP contribution in [0.15, 0.2) is 53.4 Å². The normalized spacial score (nSPS) is 10.7. The smallest absolute Gasteiger partial charge is 1.00 e. The maximum atomic E-state index is 11.1. The molecule has 3 aromatic rings. The Morgan fingerprint density at radius 2 is 1.76 bits per heavy atom. The summed E-state index contributed by atoms with van der Waals surface area (Å²) in [4.78, 5) is 7.26. The van der Waals surface area contributed by atoms with E-state index in [2.05, 4.69) is 9.97 Å². The molecule has 0 saturated heterocycles. The summed E-state index contributed by atoms with van der Waals surface area (Å²) < 4.78 is 31.2. The first kappa shape index (κ1) is 19.5. The third-order valence-corrected chi connectivity index (χ3v) is 3.65. The van der Waals surface area contributed by atoms with Gasteiger partial charge in [0.1, 0.15) is 5.82 Å². The molecule has 2 aromatic carbocycles. The quantitative estimate of drug-likeness (QED) is 0.379. The van der Waals surface area contributed by atoms with Crippen molar-refractivity contribution in [2.24, 2.45) is 0 Å². The SMILES string of the molecule is O=S(=O)(O)c1ccc2nc(-c3ccccc3)[nH]c2c1.[H-].[H-].[K+].[Na+]. The number of H-pyrrole nitrogens is 1. The van der Waals surface area contributed by atoms with Crippen molar-refractivity contribution in [1.29, 1.82) is 0 Å². The van der Waals surface area contributed by atoms with Crippen molar-refractivity contribution < 1.29 is 96.8 Å². The number of hydrogen-bond donors (Lipinski definition) is 2. The van der Waals surface area contributed by atoms with Gasteiger partial charge in [0.15, 0.2) is 0 Å². The Morgan fingerprint density at radius 1 is 1.10 bits per heavy atom. The van der Waals surface area contributed by atoms with Crippen molar-refractivity contribution in [3.8, 4) is 11.4 Å². The second-order valence-electron chi connectivity index (χ2n) is 4.11. The van der Waals surface area contributed by atoms with Gasteiger partial charge in [0, 0.05) is 5.56 Å². The number of rotatable bonds is 2. The van der Waals surface area contributed by atoms with Gasteiger partial charge in [-0.3, -0.25) is 4.55 Å². The monoisotopic (exact) mass is 338 g/mol. The van der Waals surface area contributed by atoms with E-state index >= 15 is 0 Å². The molecule has 1 aromatic heterocycles. The topological polar surface area (TPSA) is 83.1 Å². The van der Waals surface area contributed by atoms with E-state index < -0.39 is 10.1 Å². The summed E-state index contributed by atoms with van der Waals surface area (Å²) in [7, 11) is -4.20. The van der Waals surface area contributed by atoms with Gasteiger partial charge in [-0.05, 0) is 18.2 Å². The summed E-state index contributed by atoms with van der Waals surface area (Å²) in [6.07, 6.45) is 0. The van der Waals surface area contributed by atoms with E-state index in [4.69, 9.17) is 4.55 Å². The van der Waals surface area contributed by atoms with Crippen LogP contribution in [0, 0.1) is 0 Å². The molecule has 8 heteroatoms. The van der Waals surface area contributed by atoms with Crippen LogP contribution in [0.2, 0.25) is 0 Å². The number of nitrogens with zero attached hydrogens (tertiary/aromatic N) is 1. The second-order valence-corrected chi connectivity index (χ2v) is 5.53. The van der Waals surface area contributed by atoms with E-state index in [-0.39, 0.29) is 88.7 Å². The number of aromatic nitrogens is 2. The minimum Gasteiger partial charge on any atom is -1.00 e. The zero-order valence-corrected chi connectivity index (χ0v) is 17.7. The average molecular weight is 338 g/mol. The van der Waals surface area contributed by atoms with Gasteiger partial charge in [0.2, 0.25) is 0 Å². The van der Waals surface area contributed by atoms with Crippen LogP contribution in [0.4, 0.5) is 0 Å². The average Bonchev–Trinajstić information content (AvgIpc) is 2.81. The third-order valence-electron chi connectivity index (χ3n) is 2.80. The van der Waals surface area contributed by atoms with E-state index in [0.29, 0.717) is 16.9 Å². The van der Waals surface area contributed by atoms with Gasteiger partial charge in [-0.2, -0.15) is 8.42 Å². The molecule has 0 aliphatic heterocycles. The van der Waals surface area contributed by atoms with Crippen molar-refractivity contribution in [1.82, 2.24) is 9.97 Å². The molecular weight excluding hydrogens is 326 g/mol. The molecule has 0 saturated carbocycles. The summed E-state index contributed by atoms with van der Waals surface area (Å²) in [6, 6.07) is 13.8. The molecular formula is C13H12KN2NaO3S. The van der Waals surface area contributed by atoms with Crippen molar-refractivity contribution in [2.45, 2.75) is 4.90 Å².